The van der Waals surface area contributed by atoms with Crippen LogP contribution >= 0.6 is 22.7 Å². The largest absolute Gasteiger partial charge is 0.311 e. The van der Waals surface area contributed by atoms with Crippen LogP contribution in [0, 0.1) is 0 Å². The van der Waals surface area contributed by atoms with Crippen molar-refractivity contribution >= 4 is 212 Å². The maximum atomic E-state index is 5.05. The molecule has 112 heavy (non-hydrogen) atoms. The number of nitrogens with zero attached hydrogens (tertiary/aromatic N) is 8. The van der Waals surface area contributed by atoms with Crippen LogP contribution in [0.2, 0.25) is 0 Å². The number of hydrogen-bond acceptors (Lipinski definition) is 10. The average Bonchev–Trinajstić information content (AvgIpc) is 0.709. The second-order valence-electron chi connectivity index (χ2n) is 29.1. The molecule has 8 heterocycles. The maximum absolute atomic E-state index is 5.05. The zero-order valence-corrected chi connectivity index (χ0v) is 62.1. The molecule has 0 fully saturated rings. The molecular formula is C100H64B2N8S2. The Morgan fingerprint density at radius 3 is 1.04 bits per heavy atom. The van der Waals surface area contributed by atoms with Gasteiger partial charge in [-0.1, -0.05) is 224 Å². The first-order valence-electron chi connectivity index (χ1n) is 38.2. The van der Waals surface area contributed by atoms with Crippen molar-refractivity contribution < 1.29 is 0 Å². The van der Waals surface area contributed by atoms with E-state index in [0.29, 0.717) is 0 Å². The third-order valence-electron chi connectivity index (χ3n) is 23.0. The van der Waals surface area contributed by atoms with Gasteiger partial charge in [0, 0.05) is 123 Å². The Morgan fingerprint density at radius 2 is 0.598 bits per heavy atom. The van der Waals surface area contributed by atoms with E-state index in [9.17, 15) is 0 Å². The number of rotatable bonds is 12. The van der Waals surface area contributed by atoms with Gasteiger partial charge >= 0.3 is 0 Å². The molecule has 4 aromatic heterocycles. The van der Waals surface area contributed by atoms with Gasteiger partial charge in [-0.05, 0) is 184 Å². The number of thiophene rings is 2. The standard InChI is InChI=1S/C100H64B2N8S2/c1-5-31-65(32-6-1)105(83-49-19-13-41-75(83)81-47-25-27-57-103-81)69-59-91-97-93(61-69)109(87-53-29-43-73-71-39-15-23-55-95(71)111-99(73)87)85-51-21-17-45-77(85)101(97)79-63-80-90(64-89(79)107(91)67-35-9-3-10-36-67)108(68-37-11-4-12-38-68)92-60-70(106(66-33-7-2-8-34-66)84-50-20-14-42-76(84)82-48-26-28-58-104-82)62-94-98(92)102(80)78-46-18-22-52-86(78)110(94)88-54-30-44-74-72-40-16-24-56-96(72)112-100(74)88/h1-64H. The molecule has 0 bridgehead atoms. The molecule has 0 unspecified atom stereocenters. The van der Waals surface area contributed by atoms with Gasteiger partial charge in [-0.3, -0.25) is 9.97 Å². The molecule has 0 N–H and O–H groups in total. The van der Waals surface area contributed by atoms with Crippen molar-refractivity contribution in [3.05, 3.63) is 389 Å². The minimum absolute atomic E-state index is 0.257. The summed E-state index contributed by atoms with van der Waals surface area (Å²) in [6.45, 7) is -0.514. The number of hydrogen-bond donors (Lipinski definition) is 0. The van der Waals surface area contributed by atoms with E-state index in [1.54, 1.807) is 0 Å². The molecule has 23 rings (SSSR count). The van der Waals surface area contributed by atoms with E-state index < -0.39 is 0 Å². The van der Waals surface area contributed by atoms with Gasteiger partial charge in [-0.2, -0.15) is 0 Å². The zero-order valence-electron chi connectivity index (χ0n) is 60.5. The minimum atomic E-state index is -0.257. The molecule has 0 amide bonds. The molecule has 12 heteroatoms. The van der Waals surface area contributed by atoms with Crippen LogP contribution in [-0.4, -0.2) is 23.4 Å². The molecule has 0 aliphatic carbocycles. The third-order valence-corrected chi connectivity index (χ3v) is 25.5. The fraction of sp³-hybridized carbons (Fsp3) is 0. The number of fused-ring (bicyclic) bond motifs is 14. The van der Waals surface area contributed by atoms with Gasteiger partial charge in [-0.25, -0.2) is 0 Å². The summed E-state index contributed by atoms with van der Waals surface area (Å²) in [5, 5.41) is 5.00. The first-order chi connectivity index (χ1) is 55.6. The van der Waals surface area contributed by atoms with E-state index in [1.807, 2.05) is 47.2 Å². The summed E-state index contributed by atoms with van der Waals surface area (Å²) in [6.07, 6.45) is 3.80. The summed E-state index contributed by atoms with van der Waals surface area (Å²) in [6, 6.07) is 139. The molecule has 4 aliphatic heterocycles. The second-order valence-corrected chi connectivity index (χ2v) is 31.2. The Morgan fingerprint density at radius 1 is 0.241 bits per heavy atom. The molecule has 0 spiro atoms. The van der Waals surface area contributed by atoms with E-state index in [2.05, 4.69) is 393 Å². The Balaban J connectivity index is 0.841. The van der Waals surface area contributed by atoms with E-state index in [0.717, 1.165) is 125 Å². The quantitative estimate of drug-likeness (QED) is 0.112. The lowest BCUT2D eigenvalue weighted by Crippen LogP contribution is -2.65. The van der Waals surface area contributed by atoms with Crippen LogP contribution in [0.4, 0.5) is 102 Å². The van der Waals surface area contributed by atoms with Gasteiger partial charge < -0.3 is 29.4 Å². The van der Waals surface area contributed by atoms with Crippen molar-refractivity contribution in [2.75, 3.05) is 29.4 Å². The SMILES string of the molecule is c1ccc(N(c2cc3c4c(c2)N(c2cccc5c2sc2ccccc25)c2ccccc2B4c2cc4c(cc2N3c2ccccc2)N(c2ccccc2)c2cc(N(c3ccccc3)c3ccccc3-c3ccccn3)cc3c2B4c2ccccc2N3c2cccc3c2sc2ccccc23)c2ccccc2-c2ccccn2)cc1. The summed E-state index contributed by atoms with van der Waals surface area (Å²) >= 11 is 3.75. The van der Waals surface area contributed by atoms with E-state index in [1.165, 1.54) is 73.1 Å². The summed E-state index contributed by atoms with van der Waals surface area (Å²) < 4.78 is 4.99. The van der Waals surface area contributed by atoms with Gasteiger partial charge in [0.05, 0.1) is 54.9 Å². The molecule has 0 radical (unpaired) electrons. The van der Waals surface area contributed by atoms with E-state index in [-0.39, 0.29) is 13.4 Å². The van der Waals surface area contributed by atoms with Crippen molar-refractivity contribution in [2.45, 2.75) is 0 Å². The van der Waals surface area contributed by atoms with Gasteiger partial charge in [0.2, 0.25) is 0 Å². The Kier molecular flexibility index (Phi) is 14.8. The monoisotopic (exact) mass is 1460 g/mol. The fourth-order valence-electron chi connectivity index (χ4n) is 18.5. The fourth-order valence-corrected chi connectivity index (χ4v) is 20.9. The number of anilines is 18. The van der Waals surface area contributed by atoms with Crippen molar-refractivity contribution in [1.29, 1.82) is 0 Å². The highest BCUT2D eigenvalue weighted by Gasteiger charge is 2.49. The summed E-state index contributed by atoms with van der Waals surface area (Å²) in [5.74, 6) is 0. The first kappa shape index (κ1) is 64.0. The summed E-state index contributed by atoms with van der Waals surface area (Å²) in [5.41, 5.74) is 30.5. The third kappa shape index (κ3) is 9.88. The van der Waals surface area contributed by atoms with Gasteiger partial charge in [0.15, 0.2) is 0 Å². The summed E-state index contributed by atoms with van der Waals surface area (Å²) in [4.78, 5) is 25.4. The predicted octanol–water partition coefficient (Wildman–Crippen LogP) is 23.7. The van der Waals surface area contributed by atoms with Crippen LogP contribution in [0.5, 0.6) is 0 Å². The average molecular weight is 1460 g/mol. The molecule has 0 saturated carbocycles. The van der Waals surface area contributed by atoms with Crippen LogP contribution < -0.4 is 62.2 Å². The number of pyridine rings is 2. The van der Waals surface area contributed by atoms with E-state index >= 15 is 0 Å². The maximum Gasteiger partial charge on any atom is 0.252 e. The van der Waals surface area contributed by atoms with Crippen LogP contribution in [0.1, 0.15) is 0 Å². The lowest BCUT2D eigenvalue weighted by molar-refractivity contribution is 1.21. The Hall–Kier alpha value is -14.0. The molecule has 0 atom stereocenters. The molecule has 15 aromatic carbocycles. The normalized spacial score (nSPS) is 12.9. The van der Waals surface area contributed by atoms with Crippen molar-refractivity contribution in [3.8, 4) is 22.5 Å². The topological polar surface area (TPSA) is 45.2 Å². The summed E-state index contributed by atoms with van der Waals surface area (Å²) in [7, 11) is 0. The molecule has 19 aromatic rings. The second kappa shape index (κ2) is 25.8. The van der Waals surface area contributed by atoms with Gasteiger partial charge in [0.25, 0.3) is 13.4 Å². The molecule has 4 aliphatic rings. The van der Waals surface area contributed by atoms with Crippen molar-refractivity contribution in [3.63, 3.8) is 0 Å². The van der Waals surface area contributed by atoms with E-state index in [4.69, 9.17) is 9.97 Å². The lowest BCUT2D eigenvalue weighted by atomic mass is 9.30. The number of para-hydroxylation sites is 8. The molecule has 8 nitrogen and oxygen atoms in total. The highest BCUT2D eigenvalue weighted by atomic mass is 32.1. The van der Waals surface area contributed by atoms with Crippen molar-refractivity contribution in [2.24, 2.45) is 0 Å². The van der Waals surface area contributed by atoms with Crippen LogP contribution in [0.25, 0.3) is 62.9 Å². The molecular weight excluding hydrogens is 1400 g/mol. The Bertz CT molecular complexity index is 6550. The highest BCUT2D eigenvalue weighted by Crippen LogP contribution is 2.56. The van der Waals surface area contributed by atoms with Crippen LogP contribution in [0.15, 0.2) is 389 Å². The van der Waals surface area contributed by atoms with Crippen LogP contribution in [-0.2, 0) is 0 Å². The predicted molar refractivity (Wildman–Crippen MR) is 476 cm³/mol. The van der Waals surface area contributed by atoms with Crippen molar-refractivity contribution in [1.82, 2.24) is 9.97 Å². The van der Waals surface area contributed by atoms with Crippen LogP contribution in [0.3, 0.4) is 0 Å². The lowest BCUT2D eigenvalue weighted by Gasteiger charge is -2.48. The number of benzene rings is 15. The zero-order chi connectivity index (χ0) is 73.5. The highest BCUT2D eigenvalue weighted by molar-refractivity contribution is 7.27. The Labute approximate surface area is 657 Å². The molecule has 0 saturated heterocycles. The number of aromatic nitrogens is 2. The van der Waals surface area contributed by atoms with Gasteiger partial charge in [0.1, 0.15) is 0 Å². The molecule has 522 valence electrons. The minimum Gasteiger partial charge on any atom is -0.311 e. The van der Waals surface area contributed by atoms with Gasteiger partial charge in [-0.15, -0.1) is 22.7 Å². The first-order valence-corrected chi connectivity index (χ1v) is 39.8. The smallest absolute Gasteiger partial charge is 0.252 e.